The van der Waals surface area contributed by atoms with Crippen LogP contribution in [0.25, 0.3) is 0 Å². The van der Waals surface area contributed by atoms with E-state index in [9.17, 15) is 9.59 Å². The molecule has 23 heavy (non-hydrogen) atoms. The molecule has 0 aromatic heterocycles. The van der Waals surface area contributed by atoms with Gasteiger partial charge >= 0.3 is 6.03 Å². The monoisotopic (exact) mass is 340 g/mol. The van der Waals surface area contributed by atoms with Crippen LogP contribution in [-0.2, 0) is 4.79 Å². The third-order valence-corrected chi connectivity index (χ3v) is 4.22. The SMILES string of the molecule is CC(NC(=O)C1(N)CCCCC1)c1ccc(NC(N)=O)cc1.Cl. The van der Waals surface area contributed by atoms with Gasteiger partial charge in [0.15, 0.2) is 0 Å². The van der Waals surface area contributed by atoms with Crippen molar-refractivity contribution >= 4 is 30.0 Å². The van der Waals surface area contributed by atoms with E-state index in [1.54, 1.807) is 12.1 Å². The quantitative estimate of drug-likeness (QED) is 0.675. The van der Waals surface area contributed by atoms with E-state index in [0.717, 1.165) is 37.7 Å². The van der Waals surface area contributed by atoms with Gasteiger partial charge in [-0.1, -0.05) is 31.4 Å². The first-order chi connectivity index (χ1) is 10.4. The van der Waals surface area contributed by atoms with E-state index in [1.807, 2.05) is 19.1 Å². The lowest BCUT2D eigenvalue weighted by Crippen LogP contribution is -2.55. The van der Waals surface area contributed by atoms with Gasteiger partial charge in [-0.2, -0.15) is 0 Å². The number of benzene rings is 1. The maximum Gasteiger partial charge on any atom is 0.316 e. The number of nitrogens with one attached hydrogen (secondary N) is 2. The van der Waals surface area contributed by atoms with Gasteiger partial charge in [0, 0.05) is 5.69 Å². The van der Waals surface area contributed by atoms with Gasteiger partial charge < -0.3 is 22.1 Å². The second kappa shape index (κ2) is 8.17. The Balaban J connectivity index is 0.00000264. The number of hydrogen-bond donors (Lipinski definition) is 4. The molecule has 128 valence electrons. The molecule has 0 radical (unpaired) electrons. The van der Waals surface area contributed by atoms with Gasteiger partial charge in [0.2, 0.25) is 5.91 Å². The van der Waals surface area contributed by atoms with Gasteiger partial charge in [0.05, 0.1) is 11.6 Å². The first kappa shape index (κ1) is 19.3. The summed E-state index contributed by atoms with van der Waals surface area (Å²) in [4.78, 5) is 23.2. The summed E-state index contributed by atoms with van der Waals surface area (Å²) < 4.78 is 0. The molecule has 6 N–H and O–H groups in total. The number of amides is 3. The largest absolute Gasteiger partial charge is 0.351 e. The standard InChI is InChI=1S/C16H24N4O2.ClH/c1-11(12-5-7-13(8-6-12)20-15(17)22)19-14(21)16(18)9-3-2-4-10-16;/h5-8,11H,2-4,9-10,18H2,1H3,(H,19,21)(H3,17,20,22);1H. The molecule has 0 aliphatic heterocycles. The van der Waals surface area contributed by atoms with Crippen molar-refractivity contribution in [1.29, 1.82) is 0 Å². The molecule has 0 spiro atoms. The number of primary amides is 1. The van der Waals surface area contributed by atoms with Crippen molar-refractivity contribution in [1.82, 2.24) is 5.32 Å². The number of urea groups is 1. The van der Waals surface area contributed by atoms with Gasteiger partial charge in [-0.15, -0.1) is 12.4 Å². The summed E-state index contributed by atoms with van der Waals surface area (Å²) in [7, 11) is 0. The smallest absolute Gasteiger partial charge is 0.316 e. The highest BCUT2D eigenvalue weighted by Crippen LogP contribution is 2.27. The lowest BCUT2D eigenvalue weighted by atomic mass is 9.81. The van der Waals surface area contributed by atoms with Crippen LogP contribution < -0.4 is 22.1 Å². The van der Waals surface area contributed by atoms with E-state index >= 15 is 0 Å². The fourth-order valence-corrected chi connectivity index (χ4v) is 2.83. The molecule has 7 heteroatoms. The molecule has 1 aromatic rings. The van der Waals surface area contributed by atoms with Crippen molar-refractivity contribution in [2.24, 2.45) is 11.5 Å². The van der Waals surface area contributed by atoms with E-state index in [1.165, 1.54) is 0 Å². The summed E-state index contributed by atoms with van der Waals surface area (Å²) in [5.74, 6) is -0.0842. The number of anilines is 1. The molecule has 3 amide bonds. The van der Waals surface area contributed by atoms with Crippen LogP contribution in [-0.4, -0.2) is 17.5 Å². The number of nitrogens with two attached hydrogens (primary N) is 2. The lowest BCUT2D eigenvalue weighted by Gasteiger charge is -2.33. The van der Waals surface area contributed by atoms with E-state index in [-0.39, 0.29) is 24.4 Å². The first-order valence-corrected chi connectivity index (χ1v) is 7.67. The van der Waals surface area contributed by atoms with Crippen molar-refractivity contribution < 1.29 is 9.59 Å². The average molecular weight is 341 g/mol. The molecule has 1 atom stereocenters. The fraction of sp³-hybridized carbons (Fsp3) is 0.500. The Kier molecular flexibility index (Phi) is 6.84. The van der Waals surface area contributed by atoms with E-state index < -0.39 is 11.6 Å². The molecule has 6 nitrogen and oxygen atoms in total. The van der Waals surface area contributed by atoms with Crippen LogP contribution >= 0.6 is 12.4 Å². The minimum atomic E-state index is -0.736. The molecular weight excluding hydrogens is 316 g/mol. The molecule has 2 rings (SSSR count). The average Bonchev–Trinajstić information content (AvgIpc) is 2.48. The highest BCUT2D eigenvalue weighted by Gasteiger charge is 2.35. The van der Waals surface area contributed by atoms with Gasteiger partial charge in [0.25, 0.3) is 0 Å². The maximum absolute atomic E-state index is 12.4. The molecule has 1 unspecified atom stereocenters. The minimum absolute atomic E-state index is 0. The minimum Gasteiger partial charge on any atom is -0.351 e. The van der Waals surface area contributed by atoms with Gasteiger partial charge in [-0.05, 0) is 37.5 Å². The number of hydrogen-bond acceptors (Lipinski definition) is 3. The number of halogens is 1. The molecule has 0 heterocycles. The van der Waals surface area contributed by atoms with Crippen LogP contribution in [0, 0.1) is 0 Å². The molecule has 0 bridgehead atoms. The Labute approximate surface area is 142 Å². The van der Waals surface area contributed by atoms with Crippen LogP contribution in [0.15, 0.2) is 24.3 Å². The Morgan fingerprint density at radius 3 is 2.22 bits per heavy atom. The molecule has 0 saturated heterocycles. The summed E-state index contributed by atoms with van der Waals surface area (Å²) in [6.45, 7) is 1.92. The summed E-state index contributed by atoms with van der Waals surface area (Å²) in [5.41, 5.74) is 12.1. The highest BCUT2D eigenvalue weighted by atomic mass is 35.5. The maximum atomic E-state index is 12.4. The molecule has 1 aliphatic carbocycles. The van der Waals surface area contributed by atoms with Crippen LogP contribution in [0.4, 0.5) is 10.5 Å². The Hall–Kier alpha value is -1.79. The third-order valence-electron chi connectivity index (χ3n) is 4.22. The Morgan fingerprint density at radius 2 is 1.70 bits per heavy atom. The predicted molar refractivity (Wildman–Crippen MR) is 93.5 cm³/mol. The second-order valence-corrected chi connectivity index (χ2v) is 6.02. The second-order valence-electron chi connectivity index (χ2n) is 6.02. The van der Waals surface area contributed by atoms with Gasteiger partial charge in [0.1, 0.15) is 0 Å². The van der Waals surface area contributed by atoms with E-state index in [0.29, 0.717) is 5.69 Å². The van der Waals surface area contributed by atoms with Crippen LogP contribution in [0.1, 0.15) is 50.6 Å². The van der Waals surface area contributed by atoms with Crippen LogP contribution in [0.2, 0.25) is 0 Å². The van der Waals surface area contributed by atoms with Crippen molar-refractivity contribution in [2.75, 3.05) is 5.32 Å². The number of carbonyl (C=O) groups is 2. The van der Waals surface area contributed by atoms with Crippen molar-refractivity contribution in [2.45, 2.75) is 50.6 Å². The van der Waals surface area contributed by atoms with Crippen molar-refractivity contribution in [3.8, 4) is 0 Å². The molecule has 1 saturated carbocycles. The normalized spacial score (nSPS) is 17.5. The van der Waals surface area contributed by atoms with Crippen molar-refractivity contribution in [3.05, 3.63) is 29.8 Å². The molecular formula is C16H25ClN4O2. The van der Waals surface area contributed by atoms with Crippen molar-refractivity contribution in [3.63, 3.8) is 0 Å². The van der Waals surface area contributed by atoms with Gasteiger partial charge in [-0.25, -0.2) is 4.79 Å². The summed E-state index contributed by atoms with van der Waals surface area (Å²) in [6.07, 6.45) is 4.65. The van der Waals surface area contributed by atoms with Gasteiger partial charge in [-0.3, -0.25) is 4.79 Å². The lowest BCUT2D eigenvalue weighted by molar-refractivity contribution is -0.128. The topological polar surface area (TPSA) is 110 Å². The summed E-state index contributed by atoms with van der Waals surface area (Å²) in [6, 6.07) is 6.46. The first-order valence-electron chi connectivity index (χ1n) is 7.67. The van der Waals surface area contributed by atoms with Crippen LogP contribution in [0.5, 0.6) is 0 Å². The zero-order valence-electron chi connectivity index (χ0n) is 13.3. The zero-order chi connectivity index (χ0) is 16.2. The summed E-state index contributed by atoms with van der Waals surface area (Å²) >= 11 is 0. The fourth-order valence-electron chi connectivity index (χ4n) is 2.83. The van der Waals surface area contributed by atoms with E-state index in [2.05, 4.69) is 10.6 Å². The highest BCUT2D eigenvalue weighted by molar-refractivity contribution is 5.88. The Morgan fingerprint density at radius 1 is 1.13 bits per heavy atom. The van der Waals surface area contributed by atoms with E-state index in [4.69, 9.17) is 11.5 Å². The number of rotatable bonds is 4. The third kappa shape index (κ3) is 5.11. The summed E-state index contributed by atoms with van der Waals surface area (Å²) in [5, 5.41) is 5.49. The zero-order valence-corrected chi connectivity index (χ0v) is 14.1. The molecule has 1 aliphatic rings. The molecule has 1 aromatic carbocycles. The Bertz CT molecular complexity index is 542. The number of carbonyl (C=O) groups excluding carboxylic acids is 2. The van der Waals surface area contributed by atoms with Crippen LogP contribution in [0.3, 0.4) is 0 Å². The molecule has 1 fully saturated rings. The predicted octanol–water partition coefficient (Wildman–Crippen LogP) is 2.44.